The number of halogens is 1. The molecule has 0 spiro atoms. The number of rotatable bonds is 5. The SMILES string of the molecule is Cc1ccc(OCCNC2CC2)cc1.Cl. The molecule has 2 nitrogen and oxygen atoms in total. The van der Waals surface area contributed by atoms with Gasteiger partial charge in [0, 0.05) is 12.6 Å². The third-order valence-electron chi connectivity index (χ3n) is 2.40. The lowest BCUT2D eigenvalue weighted by atomic mass is 10.2. The summed E-state index contributed by atoms with van der Waals surface area (Å²) in [5.74, 6) is 0.966. The van der Waals surface area contributed by atoms with Crippen molar-refractivity contribution < 1.29 is 4.74 Å². The van der Waals surface area contributed by atoms with Crippen molar-refractivity contribution in [2.45, 2.75) is 25.8 Å². The smallest absolute Gasteiger partial charge is 0.119 e. The summed E-state index contributed by atoms with van der Waals surface area (Å²) in [5.41, 5.74) is 1.27. The third kappa shape index (κ3) is 4.54. The van der Waals surface area contributed by atoms with E-state index in [4.69, 9.17) is 4.74 Å². The van der Waals surface area contributed by atoms with Crippen molar-refractivity contribution in [3.05, 3.63) is 29.8 Å². The molecule has 0 amide bonds. The van der Waals surface area contributed by atoms with Crippen LogP contribution in [0, 0.1) is 6.92 Å². The molecule has 1 fully saturated rings. The molecule has 2 rings (SSSR count). The number of nitrogens with one attached hydrogen (secondary N) is 1. The fourth-order valence-electron chi connectivity index (χ4n) is 1.35. The maximum Gasteiger partial charge on any atom is 0.119 e. The van der Waals surface area contributed by atoms with E-state index in [0.29, 0.717) is 0 Å². The topological polar surface area (TPSA) is 21.3 Å². The lowest BCUT2D eigenvalue weighted by Crippen LogP contribution is -2.22. The van der Waals surface area contributed by atoms with E-state index in [1.54, 1.807) is 0 Å². The van der Waals surface area contributed by atoms with Gasteiger partial charge in [-0.25, -0.2) is 0 Å². The fraction of sp³-hybridized carbons (Fsp3) is 0.500. The first-order chi connectivity index (χ1) is 6.84. The van der Waals surface area contributed by atoms with Gasteiger partial charge in [-0.15, -0.1) is 12.4 Å². The van der Waals surface area contributed by atoms with E-state index in [0.717, 1.165) is 24.9 Å². The minimum atomic E-state index is 0. The van der Waals surface area contributed by atoms with Crippen molar-refractivity contribution in [3.63, 3.8) is 0 Å². The van der Waals surface area contributed by atoms with Gasteiger partial charge < -0.3 is 10.1 Å². The molecule has 0 heterocycles. The summed E-state index contributed by atoms with van der Waals surface area (Å²) in [4.78, 5) is 0. The van der Waals surface area contributed by atoms with E-state index >= 15 is 0 Å². The molecule has 1 aliphatic carbocycles. The quantitative estimate of drug-likeness (QED) is 0.781. The van der Waals surface area contributed by atoms with Gasteiger partial charge in [0.25, 0.3) is 0 Å². The molecule has 0 atom stereocenters. The summed E-state index contributed by atoms with van der Waals surface area (Å²) in [6, 6.07) is 8.96. The Labute approximate surface area is 97.4 Å². The lowest BCUT2D eigenvalue weighted by Gasteiger charge is -2.06. The third-order valence-corrected chi connectivity index (χ3v) is 2.40. The molecule has 0 aromatic heterocycles. The van der Waals surface area contributed by atoms with Crippen LogP contribution in [0.1, 0.15) is 18.4 Å². The zero-order valence-corrected chi connectivity index (χ0v) is 9.85. The Kier molecular flexibility index (Phi) is 4.92. The Bertz CT molecular complexity index is 282. The average molecular weight is 228 g/mol. The van der Waals surface area contributed by atoms with Crippen LogP contribution in [0.25, 0.3) is 0 Å². The van der Waals surface area contributed by atoms with Crippen LogP contribution in [0.4, 0.5) is 0 Å². The maximum atomic E-state index is 5.58. The molecule has 0 unspecified atom stereocenters. The van der Waals surface area contributed by atoms with Crippen LogP contribution in [0.5, 0.6) is 5.75 Å². The number of hydrogen-bond donors (Lipinski definition) is 1. The Morgan fingerprint density at radius 2 is 1.93 bits per heavy atom. The second kappa shape index (κ2) is 5.99. The van der Waals surface area contributed by atoms with Gasteiger partial charge in [0.1, 0.15) is 12.4 Å². The van der Waals surface area contributed by atoms with Crippen LogP contribution in [-0.4, -0.2) is 19.2 Å². The van der Waals surface area contributed by atoms with E-state index in [1.165, 1.54) is 18.4 Å². The van der Waals surface area contributed by atoms with E-state index in [9.17, 15) is 0 Å². The zero-order valence-electron chi connectivity index (χ0n) is 9.03. The standard InChI is InChI=1S/C12H17NO.ClH/c1-10-2-6-12(7-3-10)14-9-8-13-11-4-5-11;/h2-3,6-7,11,13H,4-5,8-9H2,1H3;1H. The maximum absolute atomic E-state index is 5.58. The van der Waals surface area contributed by atoms with Crippen molar-refractivity contribution >= 4 is 12.4 Å². The predicted octanol–water partition coefficient (Wildman–Crippen LogP) is 2.55. The van der Waals surface area contributed by atoms with Crippen LogP contribution in [0.3, 0.4) is 0 Å². The summed E-state index contributed by atoms with van der Waals surface area (Å²) in [6.45, 7) is 3.80. The molecule has 1 aliphatic rings. The molecular formula is C12H18ClNO. The number of ether oxygens (including phenoxy) is 1. The second-order valence-corrected chi connectivity index (χ2v) is 3.89. The highest BCUT2D eigenvalue weighted by Gasteiger charge is 2.19. The Morgan fingerprint density at radius 1 is 1.27 bits per heavy atom. The molecule has 84 valence electrons. The Balaban J connectivity index is 0.00000112. The van der Waals surface area contributed by atoms with Gasteiger partial charge in [-0.3, -0.25) is 0 Å². The first-order valence-corrected chi connectivity index (χ1v) is 5.27. The Morgan fingerprint density at radius 3 is 2.53 bits per heavy atom. The molecule has 0 saturated heterocycles. The summed E-state index contributed by atoms with van der Waals surface area (Å²) in [5, 5.41) is 3.41. The van der Waals surface area contributed by atoms with Crippen molar-refractivity contribution in [1.82, 2.24) is 5.32 Å². The van der Waals surface area contributed by atoms with Crippen LogP contribution < -0.4 is 10.1 Å². The van der Waals surface area contributed by atoms with Gasteiger partial charge in [-0.2, -0.15) is 0 Å². The van der Waals surface area contributed by atoms with E-state index in [-0.39, 0.29) is 12.4 Å². The summed E-state index contributed by atoms with van der Waals surface area (Å²) < 4.78 is 5.58. The molecule has 3 heteroatoms. The highest BCUT2D eigenvalue weighted by molar-refractivity contribution is 5.85. The molecular weight excluding hydrogens is 210 g/mol. The van der Waals surface area contributed by atoms with Gasteiger partial charge in [-0.1, -0.05) is 17.7 Å². The minimum Gasteiger partial charge on any atom is -0.492 e. The lowest BCUT2D eigenvalue weighted by molar-refractivity contribution is 0.313. The zero-order chi connectivity index (χ0) is 9.80. The molecule has 15 heavy (non-hydrogen) atoms. The van der Waals surface area contributed by atoms with E-state index in [2.05, 4.69) is 24.4 Å². The summed E-state index contributed by atoms with van der Waals surface area (Å²) in [7, 11) is 0. The van der Waals surface area contributed by atoms with Crippen LogP contribution in [-0.2, 0) is 0 Å². The largest absolute Gasteiger partial charge is 0.492 e. The minimum absolute atomic E-state index is 0. The van der Waals surface area contributed by atoms with Crippen LogP contribution >= 0.6 is 12.4 Å². The first-order valence-electron chi connectivity index (χ1n) is 5.27. The van der Waals surface area contributed by atoms with E-state index < -0.39 is 0 Å². The molecule has 0 bridgehead atoms. The molecule has 0 aliphatic heterocycles. The van der Waals surface area contributed by atoms with Crippen molar-refractivity contribution in [3.8, 4) is 5.75 Å². The van der Waals surface area contributed by atoms with Crippen molar-refractivity contribution in [2.24, 2.45) is 0 Å². The highest BCUT2D eigenvalue weighted by atomic mass is 35.5. The fourth-order valence-corrected chi connectivity index (χ4v) is 1.35. The van der Waals surface area contributed by atoms with Gasteiger partial charge in [-0.05, 0) is 31.9 Å². The molecule has 1 saturated carbocycles. The molecule has 1 aromatic rings. The average Bonchev–Trinajstić information content (AvgIpc) is 2.99. The first kappa shape index (κ1) is 12.3. The van der Waals surface area contributed by atoms with Crippen LogP contribution in [0.15, 0.2) is 24.3 Å². The number of hydrogen-bond acceptors (Lipinski definition) is 2. The highest BCUT2D eigenvalue weighted by Crippen LogP contribution is 2.18. The van der Waals surface area contributed by atoms with Crippen molar-refractivity contribution in [2.75, 3.05) is 13.2 Å². The second-order valence-electron chi connectivity index (χ2n) is 3.89. The van der Waals surface area contributed by atoms with Crippen LogP contribution in [0.2, 0.25) is 0 Å². The molecule has 1 aromatic carbocycles. The normalized spacial score (nSPS) is 14.5. The van der Waals surface area contributed by atoms with Gasteiger partial charge in [0.05, 0.1) is 0 Å². The monoisotopic (exact) mass is 227 g/mol. The number of aryl methyl sites for hydroxylation is 1. The predicted molar refractivity (Wildman–Crippen MR) is 64.9 cm³/mol. The Hall–Kier alpha value is -0.730. The van der Waals surface area contributed by atoms with Gasteiger partial charge in [0.2, 0.25) is 0 Å². The van der Waals surface area contributed by atoms with Gasteiger partial charge >= 0.3 is 0 Å². The van der Waals surface area contributed by atoms with Crippen molar-refractivity contribution in [1.29, 1.82) is 0 Å². The number of benzene rings is 1. The molecule has 1 N–H and O–H groups in total. The molecule has 0 radical (unpaired) electrons. The summed E-state index contributed by atoms with van der Waals surface area (Å²) >= 11 is 0. The summed E-state index contributed by atoms with van der Waals surface area (Å²) in [6.07, 6.45) is 2.68. The van der Waals surface area contributed by atoms with Gasteiger partial charge in [0.15, 0.2) is 0 Å². The van der Waals surface area contributed by atoms with E-state index in [1.807, 2.05) is 12.1 Å².